The lowest BCUT2D eigenvalue weighted by Gasteiger charge is -2.21. The molecule has 0 fully saturated rings. The third-order valence-corrected chi connectivity index (χ3v) is 18.2. The van der Waals surface area contributed by atoms with Gasteiger partial charge in [0.25, 0.3) is 0 Å². The molecule has 2 unspecified atom stereocenters. The first-order valence-corrected chi connectivity index (χ1v) is 39.7. The predicted octanol–water partition coefficient (Wildman–Crippen LogP) is 20.1. The molecule has 19 heteroatoms. The second-order valence-corrected chi connectivity index (χ2v) is 30.4. The number of rotatable bonds is 68. The van der Waals surface area contributed by atoms with Gasteiger partial charge in [-0.25, -0.2) is 9.13 Å². The van der Waals surface area contributed by atoms with E-state index in [4.69, 9.17) is 37.0 Å². The Kier molecular flexibility index (Phi) is 59.4. The van der Waals surface area contributed by atoms with E-state index in [2.05, 4.69) is 55.4 Å². The average Bonchev–Trinajstić information content (AvgIpc) is 3.53. The molecule has 0 heterocycles. The van der Waals surface area contributed by atoms with Gasteiger partial charge in [-0.2, -0.15) is 0 Å². The van der Waals surface area contributed by atoms with E-state index in [1.807, 2.05) is 0 Å². The van der Waals surface area contributed by atoms with E-state index in [-0.39, 0.29) is 25.7 Å². The zero-order valence-electron chi connectivity index (χ0n) is 58.8. The van der Waals surface area contributed by atoms with Crippen LogP contribution < -0.4 is 0 Å². The highest BCUT2D eigenvalue weighted by Gasteiger charge is 2.30. The summed E-state index contributed by atoms with van der Waals surface area (Å²) >= 11 is 0. The van der Waals surface area contributed by atoms with Crippen LogP contribution in [0.3, 0.4) is 0 Å². The molecule has 0 aliphatic carbocycles. The van der Waals surface area contributed by atoms with Gasteiger partial charge in [0.05, 0.1) is 26.4 Å². The molecule has 0 aromatic carbocycles. The normalized spacial score (nSPS) is 14.3. The second kappa shape index (κ2) is 60.7. The smallest absolute Gasteiger partial charge is 0.462 e. The number of phosphoric ester groups is 2. The number of esters is 4. The molecule has 0 aliphatic heterocycles. The number of ether oxygens (including phenoxy) is 4. The Labute approximate surface area is 549 Å². The van der Waals surface area contributed by atoms with Gasteiger partial charge >= 0.3 is 39.5 Å². The van der Waals surface area contributed by atoms with Crippen molar-refractivity contribution in [3.8, 4) is 0 Å². The molecular formula is C71H138O17P2. The molecule has 0 bridgehead atoms. The molecule has 0 aromatic heterocycles. The summed E-state index contributed by atoms with van der Waals surface area (Å²) in [4.78, 5) is 72.5. The van der Waals surface area contributed by atoms with Crippen molar-refractivity contribution in [2.45, 2.75) is 369 Å². The van der Waals surface area contributed by atoms with Crippen molar-refractivity contribution >= 4 is 39.5 Å². The molecule has 0 saturated heterocycles. The summed E-state index contributed by atoms with van der Waals surface area (Å²) < 4.78 is 68.2. The van der Waals surface area contributed by atoms with Gasteiger partial charge in [-0.15, -0.1) is 0 Å². The van der Waals surface area contributed by atoms with E-state index >= 15 is 0 Å². The van der Waals surface area contributed by atoms with Crippen LogP contribution in [0.1, 0.15) is 351 Å². The van der Waals surface area contributed by atoms with Crippen molar-refractivity contribution in [1.29, 1.82) is 0 Å². The number of hydrogen-bond acceptors (Lipinski definition) is 15. The summed E-state index contributed by atoms with van der Waals surface area (Å²) in [6, 6.07) is 0. The number of carbonyl (C=O) groups is 4. The molecule has 0 amide bonds. The number of carbonyl (C=O) groups excluding carboxylic acids is 4. The monoisotopic (exact) mass is 1320 g/mol. The second-order valence-electron chi connectivity index (χ2n) is 27.5. The van der Waals surface area contributed by atoms with E-state index in [9.17, 15) is 43.2 Å². The lowest BCUT2D eigenvalue weighted by atomic mass is 10.0. The van der Waals surface area contributed by atoms with Crippen LogP contribution in [0.4, 0.5) is 0 Å². The number of phosphoric acid groups is 2. The maximum Gasteiger partial charge on any atom is 0.472 e. The minimum Gasteiger partial charge on any atom is -0.462 e. The molecule has 5 atom stereocenters. The molecule has 0 aliphatic rings. The molecule has 0 saturated carbocycles. The van der Waals surface area contributed by atoms with Crippen molar-refractivity contribution < 1.29 is 80.2 Å². The van der Waals surface area contributed by atoms with Crippen molar-refractivity contribution in [3.63, 3.8) is 0 Å². The Morgan fingerprint density at radius 2 is 0.467 bits per heavy atom. The van der Waals surface area contributed by atoms with Crippen LogP contribution in [-0.4, -0.2) is 96.7 Å². The van der Waals surface area contributed by atoms with Crippen LogP contribution >= 0.6 is 15.6 Å². The first kappa shape index (κ1) is 88.1. The number of hydrogen-bond donors (Lipinski definition) is 3. The standard InChI is InChI=1S/C71H138O17P2/c1-61(2)47-39-31-23-18-14-12-10-9-11-13-15-21-27-37-45-53-70(75)87-66(57-81-68(73)51-43-35-26-20-17-16-19-24-32-40-48-62(3)4)59-85-89(77,78)83-55-65(72)56-84-90(79,80)86-60-67(58-82-69(74)52-44-36-30-29-34-42-50-64(7)8)88-71(76)54-46-38-28-22-25-33-41-49-63(5)6/h61-67,72H,9-60H2,1-8H3,(H,77,78)(H,79,80)/t65-,66-,67-/m1/s1. The summed E-state index contributed by atoms with van der Waals surface area (Å²) in [6.07, 6.45) is 43.4. The molecule has 534 valence electrons. The van der Waals surface area contributed by atoms with Crippen molar-refractivity contribution in [3.05, 3.63) is 0 Å². The van der Waals surface area contributed by atoms with Gasteiger partial charge in [-0.3, -0.25) is 37.3 Å². The lowest BCUT2D eigenvalue weighted by Crippen LogP contribution is -2.30. The lowest BCUT2D eigenvalue weighted by molar-refractivity contribution is -0.161. The summed E-state index contributed by atoms with van der Waals surface area (Å²) in [5, 5.41) is 10.6. The van der Waals surface area contributed by atoms with E-state index < -0.39 is 97.5 Å². The Morgan fingerprint density at radius 1 is 0.278 bits per heavy atom. The summed E-state index contributed by atoms with van der Waals surface area (Å²) in [5.41, 5.74) is 0. The van der Waals surface area contributed by atoms with E-state index in [0.29, 0.717) is 37.5 Å². The number of aliphatic hydroxyl groups is 1. The predicted molar refractivity (Wildman–Crippen MR) is 363 cm³/mol. The zero-order valence-corrected chi connectivity index (χ0v) is 60.6. The van der Waals surface area contributed by atoms with Gasteiger partial charge in [0.2, 0.25) is 0 Å². The quantitative estimate of drug-likeness (QED) is 0.0222. The number of unbranched alkanes of at least 4 members (excludes halogenated alkanes) is 34. The van der Waals surface area contributed by atoms with Crippen molar-refractivity contribution in [1.82, 2.24) is 0 Å². The minimum atomic E-state index is -4.95. The Bertz CT molecular complexity index is 1780. The van der Waals surface area contributed by atoms with Gasteiger partial charge in [0.1, 0.15) is 19.3 Å². The maximum absolute atomic E-state index is 13.0. The van der Waals surface area contributed by atoms with Crippen LogP contribution in [0.2, 0.25) is 0 Å². The topological polar surface area (TPSA) is 237 Å². The van der Waals surface area contributed by atoms with Crippen LogP contribution in [0.25, 0.3) is 0 Å². The summed E-state index contributed by atoms with van der Waals surface area (Å²) in [7, 11) is -9.90. The zero-order chi connectivity index (χ0) is 66.8. The van der Waals surface area contributed by atoms with Gasteiger partial charge in [0, 0.05) is 25.7 Å². The highest BCUT2D eigenvalue weighted by atomic mass is 31.2. The highest BCUT2D eigenvalue weighted by Crippen LogP contribution is 2.45. The minimum absolute atomic E-state index is 0.102. The van der Waals surface area contributed by atoms with E-state index in [1.165, 1.54) is 148 Å². The Balaban J connectivity index is 5.22. The SMILES string of the molecule is CC(C)CCCCCCCCCCCCCCCCCC(=O)O[C@H](COC(=O)CCCCCCCCCCCCC(C)C)COP(=O)(O)OC[C@@H](O)COP(=O)(O)OC[C@@H](COC(=O)CCCCCCCCC(C)C)OC(=O)CCCCCCCCCC(C)C. The fourth-order valence-electron chi connectivity index (χ4n) is 10.7. The van der Waals surface area contributed by atoms with Crippen LogP contribution in [-0.2, 0) is 65.4 Å². The molecule has 0 aromatic rings. The molecule has 0 spiro atoms. The largest absolute Gasteiger partial charge is 0.472 e. The average molecular weight is 1330 g/mol. The molecule has 17 nitrogen and oxygen atoms in total. The van der Waals surface area contributed by atoms with Crippen molar-refractivity contribution in [2.75, 3.05) is 39.6 Å². The van der Waals surface area contributed by atoms with Gasteiger partial charge in [0.15, 0.2) is 12.2 Å². The van der Waals surface area contributed by atoms with E-state index in [0.717, 1.165) is 108 Å². The third kappa shape index (κ3) is 64.8. The Morgan fingerprint density at radius 3 is 0.689 bits per heavy atom. The van der Waals surface area contributed by atoms with E-state index in [1.54, 1.807) is 0 Å². The first-order chi connectivity index (χ1) is 43.1. The number of aliphatic hydroxyl groups excluding tert-OH is 1. The highest BCUT2D eigenvalue weighted by molar-refractivity contribution is 7.47. The van der Waals surface area contributed by atoms with Crippen LogP contribution in [0.15, 0.2) is 0 Å². The van der Waals surface area contributed by atoms with Crippen LogP contribution in [0.5, 0.6) is 0 Å². The fraction of sp³-hybridized carbons (Fsp3) is 0.944. The van der Waals surface area contributed by atoms with Gasteiger partial charge in [-0.05, 0) is 49.4 Å². The summed E-state index contributed by atoms with van der Waals surface area (Å²) in [5.74, 6) is 0.805. The molecule has 0 rings (SSSR count). The van der Waals surface area contributed by atoms with Gasteiger partial charge < -0.3 is 33.8 Å². The van der Waals surface area contributed by atoms with Gasteiger partial charge in [-0.1, -0.05) is 299 Å². The molecule has 0 radical (unpaired) electrons. The van der Waals surface area contributed by atoms with Crippen molar-refractivity contribution in [2.24, 2.45) is 23.7 Å². The fourth-order valence-corrected chi connectivity index (χ4v) is 12.2. The molecule has 3 N–H and O–H groups in total. The molecule has 90 heavy (non-hydrogen) atoms. The third-order valence-electron chi connectivity index (χ3n) is 16.3. The first-order valence-electron chi connectivity index (χ1n) is 36.7. The summed E-state index contributed by atoms with van der Waals surface area (Å²) in [6.45, 7) is 14.0. The molecular weight excluding hydrogens is 1190 g/mol. The van der Waals surface area contributed by atoms with Crippen LogP contribution in [0, 0.1) is 23.7 Å². The maximum atomic E-state index is 13.0. The Hall–Kier alpha value is -1.94.